The molecule has 0 amide bonds. The van der Waals surface area contributed by atoms with E-state index in [-0.39, 0.29) is 5.97 Å². The molecule has 0 aliphatic heterocycles. The van der Waals surface area contributed by atoms with E-state index in [4.69, 9.17) is 4.74 Å². The Morgan fingerprint density at radius 2 is 1.94 bits per heavy atom. The number of benzene rings is 1. The minimum Gasteiger partial charge on any atom is -0.426 e. The van der Waals surface area contributed by atoms with E-state index >= 15 is 0 Å². The van der Waals surface area contributed by atoms with Gasteiger partial charge in [0.2, 0.25) is 0 Å². The molecule has 0 radical (unpaired) electrons. The summed E-state index contributed by atoms with van der Waals surface area (Å²) < 4.78 is 5.25. The Bertz CT molecular complexity index is 504. The maximum atomic E-state index is 11.1. The van der Waals surface area contributed by atoms with Gasteiger partial charge < -0.3 is 4.74 Å². The van der Waals surface area contributed by atoms with E-state index in [0.717, 1.165) is 22.3 Å². The Kier molecular flexibility index (Phi) is 4.30. The molecule has 0 fully saturated rings. The van der Waals surface area contributed by atoms with E-state index < -0.39 is 0 Å². The van der Waals surface area contributed by atoms with Crippen molar-refractivity contribution >= 4 is 12.0 Å². The van der Waals surface area contributed by atoms with E-state index in [1.807, 2.05) is 45.9 Å². The topological polar surface area (TPSA) is 26.3 Å². The van der Waals surface area contributed by atoms with Crippen molar-refractivity contribution in [2.75, 3.05) is 0 Å². The fraction of sp³-hybridized carbons (Fsp3) is 0.333. The van der Waals surface area contributed by atoms with Gasteiger partial charge in [-0.15, -0.1) is 5.73 Å². The maximum Gasteiger partial charge on any atom is 0.308 e. The predicted molar refractivity (Wildman–Crippen MR) is 70.2 cm³/mol. The third-order valence-electron chi connectivity index (χ3n) is 2.60. The minimum absolute atomic E-state index is 0.291. The van der Waals surface area contributed by atoms with E-state index in [1.165, 1.54) is 6.92 Å². The molecule has 17 heavy (non-hydrogen) atoms. The molecular formula is C15H18O2. The molecule has 0 aliphatic carbocycles. The van der Waals surface area contributed by atoms with Gasteiger partial charge in [0.05, 0.1) is 0 Å². The van der Waals surface area contributed by atoms with Crippen molar-refractivity contribution in [2.45, 2.75) is 34.6 Å². The van der Waals surface area contributed by atoms with Crippen molar-refractivity contribution in [3.8, 4) is 5.75 Å². The van der Waals surface area contributed by atoms with Crippen LogP contribution in [0.3, 0.4) is 0 Å². The summed E-state index contributed by atoms with van der Waals surface area (Å²) in [5.74, 6) is 0.369. The van der Waals surface area contributed by atoms with Crippen LogP contribution in [-0.2, 0) is 4.79 Å². The Labute approximate surface area is 103 Å². The number of hydrogen-bond donors (Lipinski definition) is 0. The summed E-state index contributed by atoms with van der Waals surface area (Å²) >= 11 is 0. The van der Waals surface area contributed by atoms with Gasteiger partial charge in [0.25, 0.3) is 0 Å². The molecule has 1 rings (SSSR count). The van der Waals surface area contributed by atoms with Crippen molar-refractivity contribution in [1.29, 1.82) is 0 Å². The average molecular weight is 230 g/mol. The quantitative estimate of drug-likeness (QED) is 0.439. The van der Waals surface area contributed by atoms with E-state index in [1.54, 1.807) is 0 Å². The highest BCUT2D eigenvalue weighted by Gasteiger charge is 2.11. The van der Waals surface area contributed by atoms with Crippen LogP contribution in [0.1, 0.15) is 36.1 Å². The van der Waals surface area contributed by atoms with Crippen molar-refractivity contribution in [3.05, 3.63) is 40.1 Å². The molecule has 2 heteroatoms. The first kappa shape index (κ1) is 13.3. The number of ether oxygens (including phenoxy) is 1. The Morgan fingerprint density at radius 1 is 1.29 bits per heavy atom. The monoisotopic (exact) mass is 230 g/mol. The zero-order valence-electron chi connectivity index (χ0n) is 11.0. The molecular weight excluding hydrogens is 212 g/mol. The Hall–Kier alpha value is -1.79. The molecule has 2 nitrogen and oxygen atoms in total. The molecule has 0 spiro atoms. The number of allylic oxidation sites excluding steroid dienone is 1. The van der Waals surface area contributed by atoms with Gasteiger partial charge in [0.15, 0.2) is 0 Å². The van der Waals surface area contributed by atoms with Crippen molar-refractivity contribution < 1.29 is 9.53 Å². The summed E-state index contributed by atoms with van der Waals surface area (Å²) in [5.41, 5.74) is 7.23. The molecule has 1 aromatic rings. The smallest absolute Gasteiger partial charge is 0.308 e. The summed E-state index contributed by atoms with van der Waals surface area (Å²) in [7, 11) is 0. The molecule has 1 aromatic carbocycles. The number of hydrogen-bond acceptors (Lipinski definition) is 2. The van der Waals surface area contributed by atoms with Crippen LogP contribution in [0.25, 0.3) is 6.08 Å². The van der Waals surface area contributed by atoms with Crippen LogP contribution in [0.15, 0.2) is 17.9 Å². The first-order valence-electron chi connectivity index (χ1n) is 5.63. The fourth-order valence-corrected chi connectivity index (χ4v) is 1.87. The van der Waals surface area contributed by atoms with Crippen molar-refractivity contribution in [1.82, 2.24) is 0 Å². The Balaban J connectivity index is 3.42. The molecule has 90 valence electrons. The lowest BCUT2D eigenvalue weighted by atomic mass is 9.98. The lowest BCUT2D eigenvalue weighted by Crippen LogP contribution is -2.06. The molecule has 0 bridgehead atoms. The average Bonchev–Trinajstić information content (AvgIpc) is 2.23. The van der Waals surface area contributed by atoms with Crippen LogP contribution in [0, 0.1) is 20.8 Å². The largest absolute Gasteiger partial charge is 0.426 e. The van der Waals surface area contributed by atoms with Gasteiger partial charge in [-0.05, 0) is 56.5 Å². The van der Waals surface area contributed by atoms with E-state index in [9.17, 15) is 4.79 Å². The molecule has 0 unspecified atom stereocenters. The lowest BCUT2D eigenvalue weighted by molar-refractivity contribution is -0.131. The molecule has 0 saturated carbocycles. The van der Waals surface area contributed by atoms with Crippen LogP contribution >= 0.6 is 0 Å². The second-order valence-electron chi connectivity index (χ2n) is 4.07. The zero-order valence-corrected chi connectivity index (χ0v) is 11.0. The van der Waals surface area contributed by atoms with E-state index in [2.05, 4.69) is 5.73 Å². The Morgan fingerprint density at radius 3 is 2.47 bits per heavy atom. The first-order valence-corrected chi connectivity index (χ1v) is 5.63. The van der Waals surface area contributed by atoms with Gasteiger partial charge >= 0.3 is 5.97 Å². The van der Waals surface area contributed by atoms with Gasteiger partial charge in [0.1, 0.15) is 5.75 Å². The van der Waals surface area contributed by atoms with Crippen LogP contribution < -0.4 is 4.74 Å². The van der Waals surface area contributed by atoms with Crippen molar-refractivity contribution in [3.63, 3.8) is 0 Å². The second-order valence-corrected chi connectivity index (χ2v) is 4.07. The molecule has 0 aromatic heterocycles. The second kappa shape index (κ2) is 5.51. The summed E-state index contributed by atoms with van der Waals surface area (Å²) in [6, 6.07) is 2.02. The maximum absolute atomic E-state index is 11.1. The molecule has 0 N–H and O–H groups in total. The zero-order chi connectivity index (χ0) is 13.0. The van der Waals surface area contributed by atoms with Gasteiger partial charge in [-0.1, -0.05) is 6.07 Å². The summed E-state index contributed by atoms with van der Waals surface area (Å²) in [4.78, 5) is 11.1. The van der Waals surface area contributed by atoms with Gasteiger partial charge in [-0.25, -0.2) is 0 Å². The number of rotatable bonds is 2. The van der Waals surface area contributed by atoms with Crippen molar-refractivity contribution in [2.24, 2.45) is 0 Å². The van der Waals surface area contributed by atoms with Gasteiger partial charge in [-0.2, -0.15) is 0 Å². The normalized spacial score (nSPS) is 9.47. The molecule has 0 heterocycles. The molecule has 0 atom stereocenters. The van der Waals surface area contributed by atoms with Gasteiger partial charge in [0, 0.05) is 12.5 Å². The van der Waals surface area contributed by atoms with Crippen LogP contribution in [0.5, 0.6) is 5.75 Å². The standard InChI is InChI=1S/C15H18O2/c1-6-7-8-14-10(2)9-11(3)15(12(14)4)17-13(5)16/h6,8-9H,1-5H3. The lowest BCUT2D eigenvalue weighted by Gasteiger charge is -2.13. The highest BCUT2D eigenvalue weighted by Crippen LogP contribution is 2.29. The first-order chi connectivity index (χ1) is 7.97. The summed E-state index contributed by atoms with van der Waals surface area (Å²) in [6.45, 7) is 9.28. The summed E-state index contributed by atoms with van der Waals surface area (Å²) in [6.07, 6.45) is 3.77. The fourth-order valence-electron chi connectivity index (χ4n) is 1.87. The predicted octanol–water partition coefficient (Wildman–Crippen LogP) is 3.73. The third-order valence-corrected chi connectivity index (χ3v) is 2.60. The highest BCUT2D eigenvalue weighted by atomic mass is 16.5. The molecule has 0 saturated heterocycles. The van der Waals surface area contributed by atoms with Crippen LogP contribution in [0.4, 0.5) is 0 Å². The summed E-state index contributed by atoms with van der Waals surface area (Å²) in [5, 5.41) is 0. The number of carbonyl (C=O) groups is 1. The number of aryl methyl sites for hydroxylation is 2. The van der Waals surface area contributed by atoms with E-state index in [0.29, 0.717) is 5.75 Å². The van der Waals surface area contributed by atoms with Gasteiger partial charge in [-0.3, -0.25) is 4.79 Å². The highest BCUT2D eigenvalue weighted by molar-refractivity contribution is 5.72. The SMILES string of the molecule is CC=C=Cc1c(C)cc(C)c(OC(C)=O)c1C. The van der Waals surface area contributed by atoms with Crippen LogP contribution in [0.2, 0.25) is 0 Å². The molecule has 0 aliphatic rings. The van der Waals surface area contributed by atoms with Crippen LogP contribution in [-0.4, -0.2) is 5.97 Å². The number of carbonyl (C=O) groups excluding carboxylic acids is 1. The number of esters is 1. The minimum atomic E-state index is -0.291. The third kappa shape index (κ3) is 3.08.